The molecule has 3 nitrogen and oxygen atoms in total. The second-order valence-corrected chi connectivity index (χ2v) is 5.39. The minimum absolute atomic E-state index is 0.252. The van der Waals surface area contributed by atoms with E-state index in [1.165, 1.54) is 37.1 Å². The molecule has 0 amide bonds. The molecule has 1 saturated carbocycles. The largest absolute Gasteiger partial charge is 0.395 e. The van der Waals surface area contributed by atoms with Crippen molar-refractivity contribution in [3.05, 3.63) is 16.6 Å². The third kappa shape index (κ3) is 3.27. The van der Waals surface area contributed by atoms with E-state index in [1.807, 2.05) is 11.6 Å². The van der Waals surface area contributed by atoms with Crippen LogP contribution in [0.4, 0.5) is 0 Å². The molecule has 16 heavy (non-hydrogen) atoms. The summed E-state index contributed by atoms with van der Waals surface area (Å²) in [6, 6.07) is 0.657. The zero-order chi connectivity index (χ0) is 11.2. The molecule has 1 N–H and O–H groups in total. The molecule has 1 aromatic heterocycles. The highest BCUT2D eigenvalue weighted by Crippen LogP contribution is 2.24. The van der Waals surface area contributed by atoms with E-state index >= 15 is 0 Å². The minimum atomic E-state index is 0.252. The van der Waals surface area contributed by atoms with Crippen molar-refractivity contribution in [2.45, 2.75) is 44.7 Å². The first kappa shape index (κ1) is 12.0. The molecule has 0 atom stereocenters. The van der Waals surface area contributed by atoms with Crippen molar-refractivity contribution < 1.29 is 5.11 Å². The molecule has 1 aromatic rings. The van der Waals surface area contributed by atoms with Gasteiger partial charge >= 0.3 is 0 Å². The molecule has 4 heteroatoms. The molecule has 90 valence electrons. The van der Waals surface area contributed by atoms with Crippen molar-refractivity contribution in [1.82, 2.24) is 9.88 Å². The molecule has 1 aliphatic carbocycles. The van der Waals surface area contributed by atoms with Crippen LogP contribution in [0.2, 0.25) is 0 Å². The standard InChI is InChI=1S/C12H20N2OS/c15-8-7-14(10-12-13-6-9-16-12)11-4-2-1-3-5-11/h6,9,11,15H,1-5,7-8,10H2. The Morgan fingerprint density at radius 2 is 2.19 bits per heavy atom. The fourth-order valence-electron chi connectivity index (χ4n) is 2.47. The normalized spacial score (nSPS) is 18.1. The maximum Gasteiger partial charge on any atom is 0.107 e. The van der Waals surface area contributed by atoms with E-state index in [0.717, 1.165) is 13.1 Å². The van der Waals surface area contributed by atoms with Crippen LogP contribution in [0.5, 0.6) is 0 Å². The molecule has 0 radical (unpaired) electrons. The van der Waals surface area contributed by atoms with Crippen LogP contribution in [0.3, 0.4) is 0 Å². The summed E-state index contributed by atoms with van der Waals surface area (Å²) in [5.41, 5.74) is 0. The Morgan fingerprint density at radius 1 is 1.38 bits per heavy atom. The van der Waals surface area contributed by atoms with Gasteiger partial charge in [0, 0.05) is 24.2 Å². The Hall–Kier alpha value is -0.450. The van der Waals surface area contributed by atoms with Gasteiger partial charge in [-0.15, -0.1) is 11.3 Å². The van der Waals surface area contributed by atoms with Gasteiger partial charge in [-0.1, -0.05) is 19.3 Å². The highest BCUT2D eigenvalue weighted by molar-refractivity contribution is 7.09. The predicted molar refractivity (Wildman–Crippen MR) is 66.5 cm³/mol. The summed E-state index contributed by atoms with van der Waals surface area (Å²) < 4.78 is 0. The van der Waals surface area contributed by atoms with Gasteiger partial charge in [-0.3, -0.25) is 4.90 Å². The third-order valence-electron chi connectivity index (χ3n) is 3.30. The van der Waals surface area contributed by atoms with Crippen LogP contribution >= 0.6 is 11.3 Å². The number of thiazole rings is 1. The average Bonchev–Trinajstić information content (AvgIpc) is 2.83. The van der Waals surface area contributed by atoms with E-state index in [-0.39, 0.29) is 6.61 Å². The van der Waals surface area contributed by atoms with Gasteiger partial charge in [0.15, 0.2) is 0 Å². The van der Waals surface area contributed by atoms with Gasteiger partial charge in [-0.25, -0.2) is 4.98 Å². The molecule has 0 aromatic carbocycles. The molecule has 1 fully saturated rings. The Balaban J connectivity index is 1.92. The lowest BCUT2D eigenvalue weighted by Crippen LogP contribution is -2.38. The Labute approximate surface area is 101 Å². The second kappa shape index (κ2) is 6.33. The van der Waals surface area contributed by atoms with Crippen molar-refractivity contribution in [1.29, 1.82) is 0 Å². The van der Waals surface area contributed by atoms with Crippen molar-refractivity contribution in [3.63, 3.8) is 0 Å². The van der Waals surface area contributed by atoms with Crippen LogP contribution in [-0.4, -0.2) is 34.2 Å². The van der Waals surface area contributed by atoms with E-state index in [9.17, 15) is 0 Å². The first-order valence-electron chi connectivity index (χ1n) is 6.13. The van der Waals surface area contributed by atoms with Crippen LogP contribution in [0.15, 0.2) is 11.6 Å². The maximum absolute atomic E-state index is 9.14. The highest BCUT2D eigenvalue weighted by atomic mass is 32.1. The van der Waals surface area contributed by atoms with E-state index in [1.54, 1.807) is 11.3 Å². The van der Waals surface area contributed by atoms with E-state index in [4.69, 9.17) is 5.11 Å². The molecule has 2 rings (SSSR count). The van der Waals surface area contributed by atoms with Gasteiger partial charge in [0.1, 0.15) is 5.01 Å². The summed E-state index contributed by atoms with van der Waals surface area (Å²) in [4.78, 5) is 6.73. The van der Waals surface area contributed by atoms with Crippen molar-refractivity contribution in [2.24, 2.45) is 0 Å². The van der Waals surface area contributed by atoms with E-state index < -0.39 is 0 Å². The van der Waals surface area contributed by atoms with Gasteiger partial charge in [0.05, 0.1) is 13.2 Å². The summed E-state index contributed by atoms with van der Waals surface area (Å²) in [6.45, 7) is 1.94. The first-order chi connectivity index (χ1) is 7.90. The molecule has 0 unspecified atom stereocenters. The molecular weight excluding hydrogens is 220 g/mol. The zero-order valence-corrected chi connectivity index (χ0v) is 10.5. The fourth-order valence-corrected chi connectivity index (χ4v) is 3.11. The van der Waals surface area contributed by atoms with Crippen LogP contribution in [0, 0.1) is 0 Å². The number of aromatic nitrogens is 1. The summed E-state index contributed by atoms with van der Waals surface area (Å²) in [5, 5.41) is 12.3. The number of aliphatic hydroxyl groups is 1. The number of nitrogens with zero attached hydrogens (tertiary/aromatic N) is 2. The van der Waals surface area contributed by atoms with Gasteiger partial charge in [0.2, 0.25) is 0 Å². The topological polar surface area (TPSA) is 36.4 Å². The molecule has 0 aliphatic heterocycles. The van der Waals surface area contributed by atoms with E-state index in [0.29, 0.717) is 6.04 Å². The highest BCUT2D eigenvalue weighted by Gasteiger charge is 2.21. The number of hydrogen-bond acceptors (Lipinski definition) is 4. The molecule has 1 heterocycles. The van der Waals surface area contributed by atoms with Crippen LogP contribution in [0.25, 0.3) is 0 Å². The van der Waals surface area contributed by atoms with Crippen molar-refractivity contribution in [2.75, 3.05) is 13.2 Å². The Bertz CT molecular complexity index is 283. The second-order valence-electron chi connectivity index (χ2n) is 4.41. The van der Waals surface area contributed by atoms with Crippen LogP contribution < -0.4 is 0 Å². The quantitative estimate of drug-likeness (QED) is 0.857. The summed E-state index contributed by atoms with van der Waals surface area (Å²) in [6.07, 6.45) is 8.48. The number of aliphatic hydroxyl groups excluding tert-OH is 1. The van der Waals surface area contributed by atoms with Gasteiger partial charge in [0.25, 0.3) is 0 Å². The maximum atomic E-state index is 9.14. The minimum Gasteiger partial charge on any atom is -0.395 e. The monoisotopic (exact) mass is 240 g/mol. The molecule has 1 aliphatic rings. The van der Waals surface area contributed by atoms with Gasteiger partial charge in [-0.05, 0) is 12.8 Å². The molecule has 0 spiro atoms. The number of hydrogen-bond donors (Lipinski definition) is 1. The average molecular weight is 240 g/mol. The SMILES string of the molecule is OCCN(Cc1nccs1)C1CCCCC1. The van der Waals surface area contributed by atoms with Crippen LogP contribution in [0.1, 0.15) is 37.1 Å². The lowest BCUT2D eigenvalue weighted by Gasteiger charge is -2.33. The van der Waals surface area contributed by atoms with Gasteiger partial charge < -0.3 is 5.11 Å². The zero-order valence-electron chi connectivity index (χ0n) is 9.64. The Morgan fingerprint density at radius 3 is 2.81 bits per heavy atom. The Kier molecular flexibility index (Phi) is 4.75. The summed E-state index contributed by atoms with van der Waals surface area (Å²) >= 11 is 1.71. The summed E-state index contributed by atoms with van der Waals surface area (Å²) in [7, 11) is 0. The predicted octanol–water partition coefficient (Wildman–Crippen LogP) is 2.27. The van der Waals surface area contributed by atoms with Crippen molar-refractivity contribution >= 4 is 11.3 Å². The van der Waals surface area contributed by atoms with E-state index in [2.05, 4.69) is 9.88 Å². The first-order valence-corrected chi connectivity index (χ1v) is 7.01. The van der Waals surface area contributed by atoms with Gasteiger partial charge in [-0.2, -0.15) is 0 Å². The fraction of sp³-hybridized carbons (Fsp3) is 0.750. The lowest BCUT2D eigenvalue weighted by atomic mass is 9.94. The van der Waals surface area contributed by atoms with Crippen LogP contribution in [-0.2, 0) is 6.54 Å². The molecule has 0 bridgehead atoms. The summed E-state index contributed by atoms with van der Waals surface area (Å²) in [5.74, 6) is 0. The third-order valence-corrected chi connectivity index (χ3v) is 4.06. The van der Waals surface area contributed by atoms with Crippen molar-refractivity contribution in [3.8, 4) is 0 Å². The molecule has 0 saturated heterocycles. The molecular formula is C12H20N2OS. The number of rotatable bonds is 5. The smallest absolute Gasteiger partial charge is 0.107 e. The lowest BCUT2D eigenvalue weighted by molar-refractivity contribution is 0.117.